The first-order valence-electron chi connectivity index (χ1n) is 6.44. The quantitative estimate of drug-likeness (QED) is 0.891. The third-order valence-corrected chi connectivity index (χ3v) is 3.41. The van der Waals surface area contributed by atoms with Crippen LogP contribution in [0.5, 0.6) is 0 Å². The zero-order valence-corrected chi connectivity index (χ0v) is 11.4. The van der Waals surface area contributed by atoms with Crippen molar-refractivity contribution < 1.29 is 9.59 Å². The first-order valence-corrected chi connectivity index (χ1v) is 6.82. The van der Waals surface area contributed by atoms with Crippen LogP contribution in [-0.4, -0.2) is 36.3 Å². The predicted molar refractivity (Wildman–Crippen MR) is 74.0 cm³/mol. The summed E-state index contributed by atoms with van der Waals surface area (Å²) in [6.45, 7) is 1.45. The maximum Gasteiger partial charge on any atom is 0.239 e. The first kappa shape index (κ1) is 13.9. The Hall–Kier alpha value is -1.55. The zero-order chi connectivity index (χ0) is 13.7. The number of hydrogen-bond acceptors (Lipinski definition) is 2. The highest BCUT2D eigenvalue weighted by atomic mass is 35.5. The van der Waals surface area contributed by atoms with Crippen LogP contribution < -0.4 is 5.32 Å². The summed E-state index contributed by atoms with van der Waals surface area (Å²) in [6.07, 6.45) is 2.19. The highest BCUT2D eigenvalue weighted by molar-refractivity contribution is 6.30. The van der Waals surface area contributed by atoms with Gasteiger partial charge >= 0.3 is 0 Å². The number of halogens is 1. The van der Waals surface area contributed by atoms with Crippen LogP contribution in [0, 0.1) is 0 Å². The Bertz CT molecular complexity index is 459. The Kier molecular flexibility index (Phi) is 4.80. The fourth-order valence-corrected chi connectivity index (χ4v) is 2.22. The topological polar surface area (TPSA) is 49.4 Å². The zero-order valence-electron chi connectivity index (χ0n) is 10.7. The lowest BCUT2D eigenvalue weighted by Crippen LogP contribution is -2.38. The maximum atomic E-state index is 11.7. The summed E-state index contributed by atoms with van der Waals surface area (Å²) < 4.78 is 0. The van der Waals surface area contributed by atoms with Crippen LogP contribution in [0.3, 0.4) is 0 Å². The number of hydrogen-bond donors (Lipinski definition) is 1. The SMILES string of the molecule is O=C(CN1CCCC1=O)NCCc1ccc(Cl)cc1. The number of carbonyl (C=O) groups is 2. The standard InChI is InChI=1S/C14H17ClN2O2/c15-12-5-3-11(4-6-12)7-8-16-13(18)10-17-9-1-2-14(17)19/h3-6H,1-2,7-10H2,(H,16,18). The molecular weight excluding hydrogens is 264 g/mol. The van der Waals surface area contributed by atoms with E-state index in [2.05, 4.69) is 5.32 Å². The van der Waals surface area contributed by atoms with Gasteiger partial charge in [-0.3, -0.25) is 9.59 Å². The molecule has 0 atom stereocenters. The van der Waals surface area contributed by atoms with Crippen molar-refractivity contribution in [2.75, 3.05) is 19.6 Å². The van der Waals surface area contributed by atoms with E-state index in [9.17, 15) is 9.59 Å². The molecule has 0 unspecified atom stereocenters. The van der Waals surface area contributed by atoms with Crippen LogP contribution in [0.25, 0.3) is 0 Å². The summed E-state index contributed by atoms with van der Waals surface area (Å²) in [7, 11) is 0. The molecule has 102 valence electrons. The average Bonchev–Trinajstić information content (AvgIpc) is 2.78. The molecule has 1 aromatic carbocycles. The van der Waals surface area contributed by atoms with Crippen LogP contribution >= 0.6 is 11.6 Å². The van der Waals surface area contributed by atoms with Crippen molar-refractivity contribution in [3.05, 3.63) is 34.9 Å². The van der Waals surface area contributed by atoms with Gasteiger partial charge in [-0.25, -0.2) is 0 Å². The highest BCUT2D eigenvalue weighted by Crippen LogP contribution is 2.10. The molecule has 1 aliphatic rings. The molecule has 19 heavy (non-hydrogen) atoms. The van der Waals surface area contributed by atoms with Gasteiger partial charge in [-0.2, -0.15) is 0 Å². The van der Waals surface area contributed by atoms with Gasteiger partial charge in [0.25, 0.3) is 0 Å². The molecule has 0 bridgehead atoms. The van der Waals surface area contributed by atoms with Crippen LogP contribution in [0.4, 0.5) is 0 Å². The smallest absolute Gasteiger partial charge is 0.239 e. The largest absolute Gasteiger partial charge is 0.354 e. The molecule has 1 fully saturated rings. The highest BCUT2D eigenvalue weighted by Gasteiger charge is 2.21. The number of amides is 2. The third kappa shape index (κ3) is 4.24. The molecule has 1 aromatic rings. The lowest BCUT2D eigenvalue weighted by atomic mass is 10.1. The third-order valence-electron chi connectivity index (χ3n) is 3.15. The number of rotatable bonds is 5. The number of carbonyl (C=O) groups excluding carboxylic acids is 2. The average molecular weight is 281 g/mol. The van der Waals surface area contributed by atoms with Gasteiger partial charge in [-0.15, -0.1) is 0 Å². The van der Waals surface area contributed by atoms with E-state index >= 15 is 0 Å². The van der Waals surface area contributed by atoms with Gasteiger partial charge in [-0.1, -0.05) is 23.7 Å². The minimum Gasteiger partial charge on any atom is -0.354 e. The molecule has 2 amide bonds. The minimum atomic E-state index is -0.0933. The Morgan fingerprint density at radius 3 is 2.68 bits per heavy atom. The van der Waals surface area contributed by atoms with Gasteiger partial charge in [0.15, 0.2) is 0 Å². The number of nitrogens with one attached hydrogen (secondary N) is 1. The molecule has 1 saturated heterocycles. The Morgan fingerprint density at radius 2 is 2.05 bits per heavy atom. The molecule has 1 N–H and O–H groups in total. The molecule has 2 rings (SSSR count). The second kappa shape index (κ2) is 6.57. The second-order valence-corrected chi connectivity index (χ2v) is 5.08. The van der Waals surface area contributed by atoms with E-state index in [0.29, 0.717) is 24.5 Å². The predicted octanol–water partition coefficient (Wildman–Crippen LogP) is 1.62. The summed E-state index contributed by atoms with van der Waals surface area (Å²) in [4.78, 5) is 24.6. The van der Waals surface area contributed by atoms with E-state index in [0.717, 1.165) is 18.4 Å². The molecule has 0 aliphatic carbocycles. The maximum absolute atomic E-state index is 11.7. The monoisotopic (exact) mass is 280 g/mol. The van der Waals surface area contributed by atoms with Crippen molar-refractivity contribution in [2.45, 2.75) is 19.3 Å². The molecule has 1 heterocycles. The lowest BCUT2D eigenvalue weighted by molar-refractivity contribution is -0.133. The second-order valence-electron chi connectivity index (χ2n) is 4.65. The van der Waals surface area contributed by atoms with Gasteiger partial charge < -0.3 is 10.2 Å². The van der Waals surface area contributed by atoms with Gasteiger partial charge in [-0.05, 0) is 30.5 Å². The summed E-state index contributed by atoms with van der Waals surface area (Å²) >= 11 is 5.80. The first-order chi connectivity index (χ1) is 9.15. The van der Waals surface area contributed by atoms with Crippen LogP contribution in [-0.2, 0) is 16.0 Å². The molecule has 0 radical (unpaired) electrons. The van der Waals surface area contributed by atoms with Crippen LogP contribution in [0.1, 0.15) is 18.4 Å². The van der Waals surface area contributed by atoms with Crippen molar-refractivity contribution in [1.29, 1.82) is 0 Å². The van der Waals surface area contributed by atoms with E-state index in [1.165, 1.54) is 0 Å². The van der Waals surface area contributed by atoms with Gasteiger partial charge in [0.1, 0.15) is 0 Å². The Balaban J connectivity index is 1.69. The van der Waals surface area contributed by atoms with Crippen LogP contribution in [0.2, 0.25) is 5.02 Å². The number of nitrogens with zero attached hydrogens (tertiary/aromatic N) is 1. The van der Waals surface area contributed by atoms with E-state index in [-0.39, 0.29) is 18.4 Å². The van der Waals surface area contributed by atoms with E-state index in [1.54, 1.807) is 4.90 Å². The molecule has 5 heteroatoms. The Labute approximate surface area is 117 Å². The van der Waals surface area contributed by atoms with Crippen molar-refractivity contribution in [3.8, 4) is 0 Å². The molecule has 1 aliphatic heterocycles. The summed E-state index contributed by atoms with van der Waals surface area (Å²) in [6, 6.07) is 7.56. The van der Waals surface area contributed by atoms with E-state index in [4.69, 9.17) is 11.6 Å². The molecule has 0 spiro atoms. The normalized spacial score (nSPS) is 14.8. The number of benzene rings is 1. The minimum absolute atomic E-state index is 0.0767. The van der Waals surface area contributed by atoms with Gasteiger partial charge in [0.2, 0.25) is 11.8 Å². The van der Waals surface area contributed by atoms with Crippen molar-refractivity contribution in [1.82, 2.24) is 10.2 Å². The molecular formula is C14H17ClN2O2. The molecule has 0 saturated carbocycles. The Morgan fingerprint density at radius 1 is 1.32 bits per heavy atom. The summed E-state index contributed by atoms with van der Waals surface area (Å²) in [5.74, 6) is -0.0166. The van der Waals surface area contributed by atoms with Gasteiger partial charge in [0, 0.05) is 24.5 Å². The van der Waals surface area contributed by atoms with E-state index < -0.39 is 0 Å². The molecule has 4 nitrogen and oxygen atoms in total. The van der Waals surface area contributed by atoms with Crippen molar-refractivity contribution in [3.63, 3.8) is 0 Å². The fraction of sp³-hybridized carbons (Fsp3) is 0.429. The summed E-state index contributed by atoms with van der Waals surface area (Å²) in [5, 5.41) is 3.54. The van der Waals surface area contributed by atoms with Crippen molar-refractivity contribution >= 4 is 23.4 Å². The summed E-state index contributed by atoms with van der Waals surface area (Å²) in [5.41, 5.74) is 1.13. The van der Waals surface area contributed by atoms with E-state index in [1.807, 2.05) is 24.3 Å². The molecule has 0 aromatic heterocycles. The van der Waals surface area contributed by atoms with Crippen molar-refractivity contribution in [2.24, 2.45) is 0 Å². The fourth-order valence-electron chi connectivity index (χ4n) is 2.10. The van der Waals surface area contributed by atoms with Crippen LogP contribution in [0.15, 0.2) is 24.3 Å². The lowest BCUT2D eigenvalue weighted by Gasteiger charge is -2.14. The number of likely N-dealkylation sites (tertiary alicyclic amines) is 1. The van der Waals surface area contributed by atoms with Gasteiger partial charge in [0.05, 0.1) is 6.54 Å².